The molecule has 0 radical (unpaired) electrons. The highest BCUT2D eigenvalue weighted by atomic mass is 19.3. The molecule has 8 nitrogen and oxygen atoms in total. The number of rotatable bonds is 6. The first-order valence-corrected chi connectivity index (χ1v) is 12.1. The Labute approximate surface area is 204 Å². The molecule has 3 aromatic rings. The van der Waals surface area contributed by atoms with Gasteiger partial charge in [0.05, 0.1) is 23.3 Å². The van der Waals surface area contributed by atoms with Crippen molar-refractivity contribution in [2.75, 3.05) is 31.1 Å². The van der Waals surface area contributed by atoms with Crippen molar-refractivity contribution in [2.45, 2.75) is 43.7 Å². The summed E-state index contributed by atoms with van der Waals surface area (Å²) < 4.78 is 42.0. The van der Waals surface area contributed by atoms with Gasteiger partial charge in [-0.2, -0.15) is 0 Å². The van der Waals surface area contributed by atoms with E-state index in [9.17, 15) is 18.4 Å². The summed E-state index contributed by atoms with van der Waals surface area (Å²) in [7, 11) is 0. The molecule has 2 aromatic heterocycles. The second kappa shape index (κ2) is 8.58. The van der Waals surface area contributed by atoms with Gasteiger partial charge in [0, 0.05) is 50.7 Å². The molecule has 0 bridgehead atoms. The van der Waals surface area contributed by atoms with Crippen LogP contribution in [0, 0.1) is 5.82 Å². The molecule has 188 valence electrons. The smallest absolute Gasteiger partial charge is 0.270 e. The summed E-state index contributed by atoms with van der Waals surface area (Å²) in [6, 6.07) is 7.07. The largest absolute Gasteiger partial charge is 0.368 e. The van der Waals surface area contributed by atoms with Gasteiger partial charge in [0.25, 0.3) is 17.4 Å². The van der Waals surface area contributed by atoms with Crippen LogP contribution in [-0.4, -0.2) is 63.9 Å². The first-order chi connectivity index (χ1) is 17.3. The van der Waals surface area contributed by atoms with Gasteiger partial charge in [-0.15, -0.1) is 0 Å². The summed E-state index contributed by atoms with van der Waals surface area (Å²) >= 11 is 0. The monoisotopic (exact) mass is 498 g/mol. The molecule has 2 N–H and O–H groups in total. The number of benzene rings is 1. The SMILES string of the molecule is O=C(NC1CC1)c1ccc(N2CCN(Cc3ccc4nc([C@@H]5CC5(F)F)c(=O)[nH]c4c3F)CC2)cn1. The summed E-state index contributed by atoms with van der Waals surface area (Å²) in [5.74, 6) is -4.85. The Hall–Kier alpha value is -3.47. The van der Waals surface area contributed by atoms with Gasteiger partial charge in [-0.05, 0) is 31.0 Å². The maximum absolute atomic E-state index is 15.2. The third-order valence-electron chi connectivity index (χ3n) is 7.09. The lowest BCUT2D eigenvalue weighted by molar-refractivity contribution is 0.0945. The van der Waals surface area contributed by atoms with E-state index in [-0.39, 0.29) is 28.7 Å². The number of anilines is 1. The van der Waals surface area contributed by atoms with Crippen LogP contribution in [0.1, 0.15) is 46.9 Å². The predicted molar refractivity (Wildman–Crippen MR) is 127 cm³/mol. The Morgan fingerprint density at radius 2 is 1.89 bits per heavy atom. The van der Waals surface area contributed by atoms with E-state index in [1.54, 1.807) is 24.4 Å². The third-order valence-corrected chi connectivity index (χ3v) is 7.09. The molecule has 3 fully saturated rings. The molecule has 11 heteroatoms. The molecule has 2 aliphatic carbocycles. The topological polar surface area (TPSA) is 94.2 Å². The second-order valence-electron chi connectivity index (χ2n) is 9.81. The number of H-pyrrole nitrogens is 1. The summed E-state index contributed by atoms with van der Waals surface area (Å²) in [5, 5.41) is 2.92. The average Bonchev–Trinajstić information content (AvgIpc) is 3.79. The van der Waals surface area contributed by atoms with E-state index in [0.29, 0.717) is 44.0 Å². The zero-order valence-electron chi connectivity index (χ0n) is 19.4. The Balaban J connectivity index is 1.10. The van der Waals surface area contributed by atoms with Crippen LogP contribution >= 0.6 is 0 Å². The standard InChI is InChI=1S/C25H25F3N6O2/c26-20-14(1-5-18-22(20)32-24(36)21(31-18)17-11-25(17,27)28)13-33-7-9-34(10-8-33)16-4-6-19(29-12-16)23(35)30-15-2-3-15/h1,4-6,12,15,17H,2-3,7-11,13H2,(H,30,35)(H,32,36)/t17-/m0/s1. The number of piperazine rings is 1. The zero-order valence-corrected chi connectivity index (χ0v) is 19.4. The molecule has 3 heterocycles. The van der Waals surface area contributed by atoms with Crippen LogP contribution in [0.5, 0.6) is 0 Å². The van der Waals surface area contributed by atoms with Gasteiger partial charge in [-0.1, -0.05) is 6.07 Å². The number of aromatic amines is 1. The fraction of sp³-hybridized carbons (Fsp3) is 0.440. The van der Waals surface area contributed by atoms with Crippen molar-refractivity contribution in [1.29, 1.82) is 0 Å². The van der Waals surface area contributed by atoms with Gasteiger partial charge in [0.15, 0.2) is 5.82 Å². The highest BCUT2D eigenvalue weighted by Crippen LogP contribution is 2.54. The minimum atomic E-state index is -2.92. The van der Waals surface area contributed by atoms with Gasteiger partial charge in [-0.3, -0.25) is 14.5 Å². The van der Waals surface area contributed by atoms with Crippen molar-refractivity contribution in [1.82, 2.24) is 25.2 Å². The normalized spacial score (nSPS) is 21.5. The number of aromatic nitrogens is 3. The minimum Gasteiger partial charge on any atom is -0.368 e. The van der Waals surface area contributed by atoms with Crippen molar-refractivity contribution < 1.29 is 18.0 Å². The van der Waals surface area contributed by atoms with E-state index in [1.807, 2.05) is 6.07 Å². The van der Waals surface area contributed by atoms with Crippen molar-refractivity contribution in [3.63, 3.8) is 0 Å². The molecule has 1 aliphatic heterocycles. The van der Waals surface area contributed by atoms with Gasteiger partial charge < -0.3 is 15.2 Å². The molecule has 36 heavy (non-hydrogen) atoms. The highest BCUT2D eigenvalue weighted by Gasteiger charge is 2.59. The highest BCUT2D eigenvalue weighted by molar-refractivity contribution is 5.92. The predicted octanol–water partition coefficient (Wildman–Crippen LogP) is 2.79. The summed E-state index contributed by atoms with van der Waals surface area (Å²) in [6.07, 6.45) is 3.34. The number of hydrogen-bond donors (Lipinski definition) is 2. The van der Waals surface area contributed by atoms with Crippen LogP contribution in [-0.2, 0) is 6.54 Å². The number of carbonyl (C=O) groups excluding carboxylic acids is 1. The van der Waals surface area contributed by atoms with Crippen LogP contribution in [0.15, 0.2) is 35.3 Å². The van der Waals surface area contributed by atoms with Crippen molar-refractivity contribution >= 4 is 22.6 Å². The van der Waals surface area contributed by atoms with Gasteiger partial charge in [0.1, 0.15) is 16.9 Å². The van der Waals surface area contributed by atoms with Crippen LogP contribution in [0.25, 0.3) is 11.0 Å². The van der Waals surface area contributed by atoms with Crippen molar-refractivity contribution in [2.24, 2.45) is 0 Å². The van der Waals surface area contributed by atoms with E-state index in [2.05, 4.69) is 30.1 Å². The molecular weight excluding hydrogens is 473 g/mol. The van der Waals surface area contributed by atoms with Crippen molar-refractivity contribution in [3.05, 3.63) is 63.6 Å². The van der Waals surface area contributed by atoms with Crippen LogP contribution in [0.2, 0.25) is 0 Å². The fourth-order valence-electron chi connectivity index (χ4n) is 4.65. The number of nitrogens with one attached hydrogen (secondary N) is 2. The number of hydrogen-bond acceptors (Lipinski definition) is 6. The van der Waals surface area contributed by atoms with E-state index < -0.39 is 29.6 Å². The van der Waals surface area contributed by atoms with Crippen LogP contribution in [0.4, 0.5) is 18.9 Å². The first kappa shape index (κ1) is 23.0. The molecule has 1 aromatic carbocycles. The number of carbonyl (C=O) groups is 1. The zero-order chi connectivity index (χ0) is 25.0. The first-order valence-electron chi connectivity index (χ1n) is 12.1. The summed E-state index contributed by atoms with van der Waals surface area (Å²) in [6.45, 7) is 3.14. The number of amides is 1. The fourth-order valence-corrected chi connectivity index (χ4v) is 4.65. The van der Waals surface area contributed by atoms with E-state index in [1.165, 1.54) is 0 Å². The van der Waals surface area contributed by atoms with Crippen molar-refractivity contribution in [3.8, 4) is 0 Å². The second-order valence-corrected chi connectivity index (χ2v) is 9.81. The Kier molecular flexibility index (Phi) is 5.47. The van der Waals surface area contributed by atoms with Crippen LogP contribution < -0.4 is 15.8 Å². The van der Waals surface area contributed by atoms with Gasteiger partial charge in [0.2, 0.25) is 0 Å². The maximum atomic E-state index is 15.2. The lowest BCUT2D eigenvalue weighted by atomic mass is 10.1. The number of alkyl halides is 2. The molecule has 0 spiro atoms. The van der Waals surface area contributed by atoms with Gasteiger partial charge in [-0.25, -0.2) is 23.1 Å². The molecule has 3 aliphatic rings. The quantitative estimate of drug-likeness (QED) is 0.543. The van der Waals surface area contributed by atoms with E-state index >= 15 is 4.39 Å². The minimum absolute atomic E-state index is 0.0549. The Morgan fingerprint density at radius 1 is 1.14 bits per heavy atom. The molecular formula is C25H25F3N6O2. The molecule has 1 amide bonds. The number of halogens is 3. The number of pyridine rings is 1. The summed E-state index contributed by atoms with van der Waals surface area (Å²) in [4.78, 5) is 39.4. The van der Waals surface area contributed by atoms with Gasteiger partial charge >= 0.3 is 0 Å². The summed E-state index contributed by atoms with van der Waals surface area (Å²) in [5.41, 5.74) is 0.851. The molecule has 1 atom stereocenters. The Morgan fingerprint density at radius 3 is 2.53 bits per heavy atom. The lowest BCUT2D eigenvalue weighted by Gasteiger charge is -2.36. The van der Waals surface area contributed by atoms with Crippen LogP contribution in [0.3, 0.4) is 0 Å². The lowest BCUT2D eigenvalue weighted by Crippen LogP contribution is -2.46. The number of fused-ring (bicyclic) bond motifs is 1. The molecule has 6 rings (SSSR count). The molecule has 1 saturated heterocycles. The molecule has 2 saturated carbocycles. The molecule has 0 unspecified atom stereocenters. The van der Waals surface area contributed by atoms with E-state index in [0.717, 1.165) is 18.5 Å². The maximum Gasteiger partial charge on any atom is 0.270 e. The Bertz CT molecular complexity index is 1380. The third kappa shape index (κ3) is 4.43. The average molecular weight is 499 g/mol. The van der Waals surface area contributed by atoms with E-state index in [4.69, 9.17) is 0 Å². The number of nitrogens with zero attached hydrogens (tertiary/aromatic N) is 4.